The molecule has 0 spiro atoms. The molecule has 0 bridgehead atoms. The van der Waals surface area contributed by atoms with Crippen LogP contribution in [0.15, 0.2) is 0 Å². The smallest absolute Gasteiger partial charge is 0.217 e. The molecule has 0 radical (unpaired) electrons. The van der Waals surface area contributed by atoms with Crippen LogP contribution in [-0.2, 0) is 4.79 Å². The number of hydrogen-bond acceptors (Lipinski definition) is 3. The quantitative estimate of drug-likeness (QED) is 0.534. The topological polar surface area (TPSA) is 75.4 Å². The SMILES string of the molecule is NC(=O)CCCCN[C@@H]1CCC[C@H]1O. The van der Waals surface area contributed by atoms with Gasteiger partial charge in [-0.15, -0.1) is 0 Å². The van der Waals surface area contributed by atoms with Gasteiger partial charge in [-0.3, -0.25) is 4.79 Å². The standard InChI is InChI=1S/C10H20N2O2/c11-10(14)6-1-2-7-12-8-4-3-5-9(8)13/h8-9,12-13H,1-7H2,(H2,11,14)/t8-,9-/m1/s1. The maximum atomic E-state index is 10.4. The van der Waals surface area contributed by atoms with Gasteiger partial charge in [-0.05, 0) is 38.6 Å². The molecule has 0 aromatic carbocycles. The van der Waals surface area contributed by atoms with Crippen LogP contribution in [0.5, 0.6) is 0 Å². The zero-order valence-corrected chi connectivity index (χ0v) is 8.54. The van der Waals surface area contributed by atoms with Crippen LogP contribution in [0.3, 0.4) is 0 Å². The van der Waals surface area contributed by atoms with Crippen molar-refractivity contribution in [3.63, 3.8) is 0 Å². The van der Waals surface area contributed by atoms with Gasteiger partial charge in [0.1, 0.15) is 0 Å². The van der Waals surface area contributed by atoms with Crippen LogP contribution in [0.4, 0.5) is 0 Å². The fourth-order valence-corrected chi connectivity index (χ4v) is 1.89. The molecule has 0 aromatic heterocycles. The van der Waals surface area contributed by atoms with Crippen molar-refractivity contribution < 1.29 is 9.90 Å². The molecule has 1 fully saturated rings. The first-order valence-electron chi connectivity index (χ1n) is 5.40. The Balaban J connectivity index is 1.95. The first-order chi connectivity index (χ1) is 6.70. The van der Waals surface area contributed by atoms with Gasteiger partial charge in [0, 0.05) is 12.5 Å². The minimum absolute atomic E-state index is 0.175. The summed E-state index contributed by atoms with van der Waals surface area (Å²) < 4.78 is 0. The normalized spacial score (nSPS) is 26.6. The first-order valence-corrected chi connectivity index (χ1v) is 5.40. The molecule has 1 amide bonds. The van der Waals surface area contributed by atoms with Gasteiger partial charge in [-0.25, -0.2) is 0 Å². The number of nitrogens with one attached hydrogen (secondary N) is 1. The zero-order chi connectivity index (χ0) is 10.4. The predicted octanol–water partition coefficient (Wildman–Crippen LogP) is 0.145. The molecule has 1 aliphatic carbocycles. The number of unbranched alkanes of at least 4 members (excludes halogenated alkanes) is 1. The van der Waals surface area contributed by atoms with Crippen molar-refractivity contribution in [1.29, 1.82) is 0 Å². The summed E-state index contributed by atoms with van der Waals surface area (Å²) in [5.74, 6) is -0.231. The molecule has 2 atom stereocenters. The molecule has 0 unspecified atom stereocenters. The number of aliphatic hydroxyl groups is 1. The molecule has 1 saturated carbocycles. The number of primary amides is 1. The summed E-state index contributed by atoms with van der Waals surface area (Å²) in [5, 5.41) is 12.8. The van der Waals surface area contributed by atoms with Crippen LogP contribution in [-0.4, -0.2) is 29.7 Å². The summed E-state index contributed by atoms with van der Waals surface area (Å²) in [5.41, 5.74) is 5.02. The number of hydrogen-bond donors (Lipinski definition) is 3. The Bertz CT molecular complexity index is 185. The number of rotatable bonds is 6. The van der Waals surface area contributed by atoms with E-state index >= 15 is 0 Å². The minimum atomic E-state index is -0.231. The van der Waals surface area contributed by atoms with Gasteiger partial charge in [0.15, 0.2) is 0 Å². The van der Waals surface area contributed by atoms with E-state index in [-0.39, 0.29) is 18.1 Å². The van der Waals surface area contributed by atoms with E-state index in [1.54, 1.807) is 0 Å². The van der Waals surface area contributed by atoms with Crippen molar-refractivity contribution in [2.75, 3.05) is 6.54 Å². The lowest BCUT2D eigenvalue weighted by Crippen LogP contribution is -2.36. The summed E-state index contributed by atoms with van der Waals surface area (Å²) in [6.07, 6.45) is 5.17. The Kier molecular flexibility index (Phi) is 4.90. The second-order valence-electron chi connectivity index (χ2n) is 3.98. The third kappa shape index (κ3) is 4.07. The molecule has 1 rings (SSSR count). The molecule has 14 heavy (non-hydrogen) atoms. The van der Waals surface area contributed by atoms with Crippen LogP contribution in [0.2, 0.25) is 0 Å². The highest BCUT2D eigenvalue weighted by atomic mass is 16.3. The van der Waals surface area contributed by atoms with E-state index in [1.807, 2.05) is 0 Å². The molecule has 0 aliphatic heterocycles. The summed E-state index contributed by atoms with van der Waals surface area (Å²) in [4.78, 5) is 10.4. The van der Waals surface area contributed by atoms with Crippen molar-refractivity contribution in [2.24, 2.45) is 5.73 Å². The first kappa shape index (κ1) is 11.5. The highest BCUT2D eigenvalue weighted by Gasteiger charge is 2.23. The predicted molar refractivity (Wildman–Crippen MR) is 54.7 cm³/mol. The van der Waals surface area contributed by atoms with E-state index in [2.05, 4.69) is 5.32 Å². The molecule has 4 N–H and O–H groups in total. The average molecular weight is 200 g/mol. The minimum Gasteiger partial charge on any atom is -0.392 e. The molecular weight excluding hydrogens is 180 g/mol. The molecule has 82 valence electrons. The average Bonchev–Trinajstić information content (AvgIpc) is 2.51. The van der Waals surface area contributed by atoms with Gasteiger partial charge in [0.05, 0.1) is 6.10 Å². The lowest BCUT2D eigenvalue weighted by Gasteiger charge is -2.15. The van der Waals surface area contributed by atoms with Crippen LogP contribution in [0.25, 0.3) is 0 Å². The monoisotopic (exact) mass is 200 g/mol. The Hall–Kier alpha value is -0.610. The Labute approximate surface area is 84.9 Å². The van der Waals surface area contributed by atoms with E-state index < -0.39 is 0 Å². The van der Waals surface area contributed by atoms with Gasteiger partial charge in [0.25, 0.3) is 0 Å². The lowest BCUT2D eigenvalue weighted by atomic mass is 10.2. The van der Waals surface area contributed by atoms with Crippen molar-refractivity contribution in [3.05, 3.63) is 0 Å². The maximum Gasteiger partial charge on any atom is 0.217 e. The zero-order valence-electron chi connectivity index (χ0n) is 8.54. The van der Waals surface area contributed by atoms with Gasteiger partial charge in [-0.1, -0.05) is 0 Å². The Morgan fingerprint density at radius 2 is 2.21 bits per heavy atom. The Morgan fingerprint density at radius 1 is 1.43 bits per heavy atom. The molecule has 0 aromatic rings. The fraction of sp³-hybridized carbons (Fsp3) is 0.900. The van der Waals surface area contributed by atoms with Gasteiger partial charge < -0.3 is 16.2 Å². The maximum absolute atomic E-state index is 10.4. The summed E-state index contributed by atoms with van der Waals surface area (Å²) >= 11 is 0. The third-order valence-corrected chi connectivity index (χ3v) is 2.74. The third-order valence-electron chi connectivity index (χ3n) is 2.74. The van der Waals surface area contributed by atoms with Gasteiger partial charge >= 0.3 is 0 Å². The number of aliphatic hydroxyl groups excluding tert-OH is 1. The number of nitrogens with two attached hydrogens (primary N) is 1. The fourth-order valence-electron chi connectivity index (χ4n) is 1.89. The highest BCUT2D eigenvalue weighted by molar-refractivity contribution is 5.73. The van der Waals surface area contributed by atoms with E-state index in [0.717, 1.165) is 38.6 Å². The summed E-state index contributed by atoms with van der Waals surface area (Å²) in [6.45, 7) is 0.870. The number of amides is 1. The summed E-state index contributed by atoms with van der Waals surface area (Å²) in [7, 11) is 0. The molecular formula is C10H20N2O2. The van der Waals surface area contributed by atoms with Crippen molar-refractivity contribution in [2.45, 2.75) is 50.7 Å². The number of carbonyl (C=O) groups is 1. The van der Waals surface area contributed by atoms with Crippen LogP contribution in [0, 0.1) is 0 Å². The number of carbonyl (C=O) groups excluding carboxylic acids is 1. The molecule has 1 aliphatic rings. The van der Waals surface area contributed by atoms with Crippen molar-refractivity contribution in [3.8, 4) is 0 Å². The second kappa shape index (κ2) is 5.98. The molecule has 0 heterocycles. The van der Waals surface area contributed by atoms with Crippen molar-refractivity contribution in [1.82, 2.24) is 5.32 Å². The van der Waals surface area contributed by atoms with E-state index in [9.17, 15) is 9.90 Å². The van der Waals surface area contributed by atoms with Gasteiger partial charge in [-0.2, -0.15) is 0 Å². The second-order valence-corrected chi connectivity index (χ2v) is 3.98. The van der Waals surface area contributed by atoms with E-state index in [4.69, 9.17) is 5.73 Å². The lowest BCUT2D eigenvalue weighted by molar-refractivity contribution is -0.118. The van der Waals surface area contributed by atoms with Crippen LogP contribution < -0.4 is 11.1 Å². The largest absolute Gasteiger partial charge is 0.392 e. The molecule has 4 nitrogen and oxygen atoms in total. The highest BCUT2D eigenvalue weighted by Crippen LogP contribution is 2.18. The summed E-state index contributed by atoms with van der Waals surface area (Å²) in [6, 6.07) is 0.267. The van der Waals surface area contributed by atoms with E-state index in [1.165, 1.54) is 0 Å². The Morgan fingerprint density at radius 3 is 2.79 bits per heavy atom. The molecule has 4 heteroatoms. The van der Waals surface area contributed by atoms with Gasteiger partial charge in [0.2, 0.25) is 5.91 Å². The molecule has 0 saturated heterocycles. The van der Waals surface area contributed by atoms with E-state index in [0.29, 0.717) is 6.42 Å². The van der Waals surface area contributed by atoms with Crippen LogP contribution in [0.1, 0.15) is 38.5 Å². The van der Waals surface area contributed by atoms with Crippen molar-refractivity contribution >= 4 is 5.91 Å². The van der Waals surface area contributed by atoms with Crippen LogP contribution >= 0.6 is 0 Å².